The van der Waals surface area contributed by atoms with E-state index in [1.807, 2.05) is 40.6 Å². The molecule has 2 aromatic carbocycles. The van der Waals surface area contributed by atoms with Gasteiger partial charge in [0.1, 0.15) is 0 Å². The first kappa shape index (κ1) is 23.2. The topological polar surface area (TPSA) is 60.9 Å². The van der Waals surface area contributed by atoms with E-state index >= 15 is 0 Å². The van der Waals surface area contributed by atoms with Gasteiger partial charge in [-0.3, -0.25) is 4.79 Å². The Morgan fingerprint density at radius 3 is 2.43 bits per heavy atom. The SMILES string of the molecule is COc1cc2nc(-c3ccccc3C)c(CN(C(=O)c3cccs3)C3CC3)cc2c(OC)c1OC. The van der Waals surface area contributed by atoms with Crippen molar-refractivity contribution in [3.63, 3.8) is 0 Å². The zero-order chi connectivity index (χ0) is 24.5. The molecule has 0 atom stereocenters. The van der Waals surface area contributed by atoms with Gasteiger partial charge in [-0.2, -0.15) is 0 Å². The molecule has 2 heterocycles. The summed E-state index contributed by atoms with van der Waals surface area (Å²) in [5.41, 5.74) is 4.72. The van der Waals surface area contributed by atoms with Crippen LogP contribution < -0.4 is 14.2 Å². The number of carbonyl (C=O) groups excluding carboxylic acids is 1. The Kier molecular flexibility index (Phi) is 6.34. The third kappa shape index (κ3) is 4.32. The van der Waals surface area contributed by atoms with Gasteiger partial charge in [-0.25, -0.2) is 4.98 Å². The first-order chi connectivity index (χ1) is 17.0. The molecule has 7 heteroatoms. The average molecular weight is 489 g/mol. The maximum Gasteiger partial charge on any atom is 0.264 e. The quantitative estimate of drug-likeness (QED) is 0.300. The largest absolute Gasteiger partial charge is 0.493 e. The number of nitrogens with zero attached hydrogens (tertiary/aromatic N) is 2. The molecule has 1 fully saturated rings. The van der Waals surface area contributed by atoms with Gasteiger partial charge in [0.15, 0.2) is 11.5 Å². The minimum Gasteiger partial charge on any atom is -0.493 e. The van der Waals surface area contributed by atoms with Crippen molar-refractivity contribution in [2.24, 2.45) is 0 Å². The molecule has 4 aromatic rings. The van der Waals surface area contributed by atoms with Crippen molar-refractivity contribution in [3.8, 4) is 28.5 Å². The van der Waals surface area contributed by atoms with Crippen molar-refractivity contribution in [2.45, 2.75) is 32.4 Å². The molecule has 2 aromatic heterocycles. The van der Waals surface area contributed by atoms with E-state index in [0.29, 0.717) is 23.8 Å². The van der Waals surface area contributed by atoms with E-state index in [4.69, 9.17) is 19.2 Å². The molecule has 5 rings (SSSR count). The molecule has 0 spiro atoms. The fraction of sp³-hybridized carbons (Fsp3) is 0.286. The number of aromatic nitrogens is 1. The highest BCUT2D eigenvalue weighted by Crippen LogP contribution is 2.44. The number of hydrogen-bond donors (Lipinski definition) is 0. The highest BCUT2D eigenvalue weighted by molar-refractivity contribution is 7.12. The molecule has 0 N–H and O–H groups in total. The van der Waals surface area contributed by atoms with E-state index in [1.165, 1.54) is 11.3 Å². The first-order valence-corrected chi connectivity index (χ1v) is 12.5. The van der Waals surface area contributed by atoms with Crippen molar-refractivity contribution in [1.29, 1.82) is 0 Å². The Hall–Kier alpha value is -3.58. The minimum absolute atomic E-state index is 0.0672. The molecular formula is C28H28N2O4S. The fourth-order valence-corrected chi connectivity index (χ4v) is 5.18. The summed E-state index contributed by atoms with van der Waals surface area (Å²) >= 11 is 1.48. The number of hydrogen-bond acceptors (Lipinski definition) is 6. The summed E-state index contributed by atoms with van der Waals surface area (Å²) in [7, 11) is 4.81. The Bertz CT molecular complexity index is 1380. The summed E-state index contributed by atoms with van der Waals surface area (Å²) in [6, 6.07) is 16.2. The Labute approximate surface area is 209 Å². The fourth-order valence-electron chi connectivity index (χ4n) is 4.50. The lowest BCUT2D eigenvalue weighted by Crippen LogP contribution is -2.32. The van der Waals surface area contributed by atoms with Crippen molar-refractivity contribution in [3.05, 3.63) is 69.9 Å². The van der Waals surface area contributed by atoms with Crippen LogP contribution in [0.5, 0.6) is 17.2 Å². The molecule has 0 bridgehead atoms. The van der Waals surface area contributed by atoms with Crippen LogP contribution in [0, 0.1) is 6.92 Å². The van der Waals surface area contributed by atoms with E-state index in [2.05, 4.69) is 25.1 Å². The van der Waals surface area contributed by atoms with Gasteiger partial charge in [0.25, 0.3) is 5.91 Å². The number of fused-ring (bicyclic) bond motifs is 1. The normalized spacial score (nSPS) is 13.0. The Morgan fingerprint density at radius 1 is 1.03 bits per heavy atom. The van der Waals surface area contributed by atoms with E-state index < -0.39 is 0 Å². The number of pyridine rings is 1. The van der Waals surface area contributed by atoms with Gasteiger partial charge in [0, 0.05) is 29.6 Å². The van der Waals surface area contributed by atoms with Crippen molar-refractivity contribution < 1.29 is 19.0 Å². The summed E-state index contributed by atoms with van der Waals surface area (Å²) in [6.45, 7) is 2.54. The third-order valence-electron chi connectivity index (χ3n) is 6.42. The standard InChI is InChI=1S/C28H28N2O4S/c1-17-8-5-6-9-20(17)25-18(16-30(19-11-12-19)28(31)24-10-7-13-35-24)14-21-22(29-25)15-23(32-2)27(34-4)26(21)33-3/h5-10,13-15,19H,11-12,16H2,1-4H3. The van der Waals surface area contributed by atoms with Crippen LogP contribution in [0.1, 0.15) is 33.6 Å². The van der Waals surface area contributed by atoms with Gasteiger partial charge in [-0.1, -0.05) is 30.3 Å². The molecular weight excluding hydrogens is 460 g/mol. The number of thiophene rings is 1. The molecule has 1 saturated carbocycles. The second-order valence-electron chi connectivity index (χ2n) is 8.66. The monoisotopic (exact) mass is 488 g/mol. The second kappa shape index (κ2) is 9.58. The van der Waals surface area contributed by atoms with E-state index in [-0.39, 0.29) is 11.9 Å². The van der Waals surface area contributed by atoms with Crippen LogP contribution in [0.15, 0.2) is 53.9 Å². The van der Waals surface area contributed by atoms with Gasteiger partial charge in [-0.05, 0) is 48.4 Å². The maximum absolute atomic E-state index is 13.4. The van der Waals surface area contributed by atoms with Gasteiger partial charge in [0.2, 0.25) is 5.75 Å². The van der Waals surface area contributed by atoms with Gasteiger partial charge in [0.05, 0.1) is 37.4 Å². The summed E-state index contributed by atoms with van der Waals surface area (Å²) < 4.78 is 16.9. The van der Waals surface area contributed by atoms with E-state index in [9.17, 15) is 4.79 Å². The third-order valence-corrected chi connectivity index (χ3v) is 7.28. The van der Waals surface area contributed by atoms with Crippen molar-refractivity contribution >= 4 is 28.1 Å². The Morgan fingerprint density at radius 2 is 1.80 bits per heavy atom. The predicted molar refractivity (Wildman–Crippen MR) is 139 cm³/mol. The molecule has 1 aliphatic carbocycles. The number of ether oxygens (including phenoxy) is 3. The summed E-state index contributed by atoms with van der Waals surface area (Å²) in [5.74, 6) is 1.71. The van der Waals surface area contributed by atoms with Gasteiger partial charge >= 0.3 is 0 Å². The molecule has 0 aliphatic heterocycles. The Balaban J connectivity index is 1.71. The molecule has 0 unspecified atom stereocenters. The van der Waals surface area contributed by atoms with Crippen LogP contribution >= 0.6 is 11.3 Å². The predicted octanol–water partition coefficient (Wildman–Crippen LogP) is 6.10. The number of aryl methyl sites for hydroxylation is 1. The van der Waals surface area contributed by atoms with E-state index in [1.54, 1.807) is 21.3 Å². The lowest BCUT2D eigenvalue weighted by molar-refractivity contribution is 0.0735. The molecule has 1 aliphatic rings. The molecule has 1 amide bonds. The summed E-state index contributed by atoms with van der Waals surface area (Å²) in [5, 5.41) is 2.76. The number of rotatable bonds is 8. The maximum atomic E-state index is 13.4. The molecule has 35 heavy (non-hydrogen) atoms. The van der Waals surface area contributed by atoms with Crippen LogP contribution in [0.3, 0.4) is 0 Å². The van der Waals surface area contributed by atoms with Crippen LogP contribution in [-0.4, -0.2) is 43.2 Å². The highest BCUT2D eigenvalue weighted by Gasteiger charge is 2.34. The van der Waals surface area contributed by atoms with Crippen molar-refractivity contribution in [1.82, 2.24) is 9.88 Å². The average Bonchev–Trinajstić information content (AvgIpc) is 3.57. The zero-order valence-corrected chi connectivity index (χ0v) is 21.1. The molecule has 0 radical (unpaired) electrons. The van der Waals surface area contributed by atoms with E-state index in [0.717, 1.165) is 51.0 Å². The number of carbonyl (C=O) groups is 1. The van der Waals surface area contributed by atoms with Crippen molar-refractivity contribution in [2.75, 3.05) is 21.3 Å². The summed E-state index contributed by atoms with van der Waals surface area (Å²) in [4.78, 5) is 21.3. The van der Waals surface area contributed by atoms with Gasteiger partial charge < -0.3 is 19.1 Å². The van der Waals surface area contributed by atoms with Crippen LogP contribution in [0.4, 0.5) is 0 Å². The lowest BCUT2D eigenvalue weighted by atomic mass is 9.98. The van der Waals surface area contributed by atoms with Crippen LogP contribution in [-0.2, 0) is 6.54 Å². The highest BCUT2D eigenvalue weighted by atomic mass is 32.1. The van der Waals surface area contributed by atoms with Crippen LogP contribution in [0.25, 0.3) is 22.2 Å². The minimum atomic E-state index is 0.0672. The molecule has 0 saturated heterocycles. The smallest absolute Gasteiger partial charge is 0.264 e. The zero-order valence-electron chi connectivity index (χ0n) is 20.3. The molecule has 6 nitrogen and oxygen atoms in total. The molecule has 180 valence electrons. The lowest BCUT2D eigenvalue weighted by Gasteiger charge is -2.24. The second-order valence-corrected chi connectivity index (χ2v) is 9.61. The number of amides is 1. The number of benzene rings is 2. The van der Waals surface area contributed by atoms with Gasteiger partial charge in [-0.15, -0.1) is 11.3 Å². The number of methoxy groups -OCH3 is 3. The summed E-state index contributed by atoms with van der Waals surface area (Å²) in [6.07, 6.45) is 2.04. The van der Waals surface area contributed by atoms with Crippen LogP contribution in [0.2, 0.25) is 0 Å². The first-order valence-electron chi connectivity index (χ1n) is 11.6.